The number of hydrogen-bond donors (Lipinski definition) is 1. The molecule has 2 heterocycles. The van der Waals surface area contributed by atoms with Crippen LogP contribution in [0.25, 0.3) is 11.0 Å². The third-order valence-electron chi connectivity index (χ3n) is 4.66. The molecule has 146 valence electrons. The zero-order valence-corrected chi connectivity index (χ0v) is 16.2. The first-order chi connectivity index (χ1) is 13.3. The number of hydrogen-bond acceptors (Lipinski definition) is 6. The summed E-state index contributed by atoms with van der Waals surface area (Å²) in [5, 5.41) is 0.833. The van der Waals surface area contributed by atoms with Crippen molar-refractivity contribution in [2.75, 3.05) is 13.7 Å². The lowest BCUT2D eigenvalue weighted by Gasteiger charge is -2.08. The minimum Gasteiger partial charge on any atom is -0.485 e. The summed E-state index contributed by atoms with van der Waals surface area (Å²) < 4.78 is 15.6. The van der Waals surface area contributed by atoms with E-state index < -0.39 is 11.6 Å². The first kappa shape index (κ1) is 19.4. The molecule has 0 aliphatic carbocycles. The van der Waals surface area contributed by atoms with Gasteiger partial charge >= 0.3 is 11.6 Å². The number of aromatic nitrogens is 1. The smallest absolute Gasteiger partial charge is 0.339 e. The standard InChI is InChI=1S/C21H21NO6/c1-5-13-8-18(24)28-17-9-14(6-7-15(13)17)27-10-16(23)20-11(2)19(12(3)22-20)21(25)26-4/h6-9,22H,5,10H2,1-4H3. The van der Waals surface area contributed by atoms with Crippen LogP contribution in [0.15, 0.2) is 33.5 Å². The van der Waals surface area contributed by atoms with E-state index in [1.807, 2.05) is 6.92 Å². The largest absolute Gasteiger partial charge is 0.485 e. The van der Waals surface area contributed by atoms with E-state index in [2.05, 4.69) is 4.98 Å². The van der Waals surface area contributed by atoms with Gasteiger partial charge in [0.05, 0.1) is 18.4 Å². The molecule has 0 atom stereocenters. The van der Waals surface area contributed by atoms with Gasteiger partial charge in [0, 0.05) is 23.2 Å². The van der Waals surface area contributed by atoms with Gasteiger partial charge < -0.3 is 18.9 Å². The van der Waals surface area contributed by atoms with Gasteiger partial charge in [-0.2, -0.15) is 0 Å². The summed E-state index contributed by atoms with van der Waals surface area (Å²) in [6.07, 6.45) is 0.703. The molecule has 0 saturated heterocycles. The summed E-state index contributed by atoms with van der Waals surface area (Å²) in [6, 6.07) is 6.59. The van der Waals surface area contributed by atoms with Gasteiger partial charge in [0.2, 0.25) is 5.78 Å². The summed E-state index contributed by atoms with van der Waals surface area (Å²) in [6.45, 7) is 5.11. The maximum Gasteiger partial charge on any atom is 0.339 e. The van der Waals surface area contributed by atoms with E-state index in [1.165, 1.54) is 13.2 Å². The second kappa shape index (κ2) is 7.72. The summed E-state index contributed by atoms with van der Waals surface area (Å²) in [5.41, 5.74) is 2.62. The van der Waals surface area contributed by atoms with Gasteiger partial charge in [-0.05, 0) is 43.5 Å². The number of nitrogens with one attached hydrogen (secondary N) is 1. The third kappa shape index (κ3) is 3.55. The molecular formula is C21H21NO6. The molecule has 7 nitrogen and oxygen atoms in total. The number of carbonyl (C=O) groups is 2. The number of aromatic amines is 1. The minimum absolute atomic E-state index is 0.232. The van der Waals surface area contributed by atoms with Gasteiger partial charge in [-0.3, -0.25) is 4.79 Å². The zero-order chi connectivity index (χ0) is 20.4. The molecule has 3 rings (SSSR count). The first-order valence-electron chi connectivity index (χ1n) is 8.86. The van der Waals surface area contributed by atoms with E-state index in [4.69, 9.17) is 13.9 Å². The molecule has 0 unspecified atom stereocenters. The lowest BCUT2D eigenvalue weighted by molar-refractivity contribution is 0.0599. The number of fused-ring (bicyclic) bond motifs is 1. The van der Waals surface area contributed by atoms with Crippen LogP contribution >= 0.6 is 0 Å². The van der Waals surface area contributed by atoms with Crippen LogP contribution in [0.1, 0.15) is 44.6 Å². The molecule has 0 amide bonds. The van der Waals surface area contributed by atoms with Crippen molar-refractivity contribution in [3.63, 3.8) is 0 Å². The highest BCUT2D eigenvalue weighted by Gasteiger charge is 2.22. The molecule has 0 aliphatic rings. The lowest BCUT2D eigenvalue weighted by atomic mass is 10.1. The fourth-order valence-corrected chi connectivity index (χ4v) is 3.25. The maximum absolute atomic E-state index is 12.6. The normalized spacial score (nSPS) is 10.9. The summed E-state index contributed by atoms with van der Waals surface area (Å²) in [7, 11) is 1.29. The Kier molecular flexibility index (Phi) is 5.35. The minimum atomic E-state index is -0.498. The van der Waals surface area contributed by atoms with Crippen molar-refractivity contribution in [3.8, 4) is 5.75 Å². The number of H-pyrrole nitrogens is 1. The summed E-state index contributed by atoms with van der Waals surface area (Å²) in [5.74, 6) is -0.395. The molecule has 1 N–H and O–H groups in total. The molecule has 0 radical (unpaired) electrons. The number of Topliss-reactive ketones (excluding diaryl/α,β-unsaturated/α-hetero) is 1. The molecule has 0 aliphatic heterocycles. The average molecular weight is 383 g/mol. The van der Waals surface area contributed by atoms with E-state index in [0.717, 1.165) is 10.9 Å². The zero-order valence-electron chi connectivity index (χ0n) is 16.2. The number of esters is 1. The molecule has 2 aromatic heterocycles. The van der Waals surface area contributed by atoms with Crippen LogP contribution in [-0.4, -0.2) is 30.5 Å². The highest BCUT2D eigenvalue weighted by molar-refractivity contribution is 6.02. The third-order valence-corrected chi connectivity index (χ3v) is 4.66. The van der Waals surface area contributed by atoms with Crippen LogP contribution in [0.5, 0.6) is 5.75 Å². The molecule has 0 fully saturated rings. The highest BCUT2D eigenvalue weighted by Crippen LogP contribution is 2.24. The number of benzene rings is 1. The SMILES string of the molecule is CCc1cc(=O)oc2cc(OCC(=O)c3[nH]c(C)c(C(=O)OC)c3C)ccc12. The van der Waals surface area contributed by atoms with Crippen molar-refractivity contribution in [3.05, 3.63) is 62.8 Å². The van der Waals surface area contributed by atoms with Crippen molar-refractivity contribution >= 4 is 22.7 Å². The van der Waals surface area contributed by atoms with Crippen LogP contribution in [0.4, 0.5) is 0 Å². The number of rotatable bonds is 6. The number of ketones is 1. The highest BCUT2D eigenvalue weighted by atomic mass is 16.5. The Morgan fingerprint density at radius 3 is 2.61 bits per heavy atom. The summed E-state index contributed by atoms with van der Waals surface area (Å²) in [4.78, 5) is 39.0. The van der Waals surface area contributed by atoms with Crippen molar-refractivity contribution in [2.24, 2.45) is 0 Å². The van der Waals surface area contributed by atoms with E-state index in [-0.39, 0.29) is 12.4 Å². The van der Waals surface area contributed by atoms with Gasteiger partial charge in [-0.25, -0.2) is 9.59 Å². The van der Waals surface area contributed by atoms with Crippen LogP contribution in [-0.2, 0) is 11.2 Å². The maximum atomic E-state index is 12.6. The predicted molar refractivity (Wildman–Crippen MR) is 103 cm³/mol. The van der Waals surface area contributed by atoms with Gasteiger partial charge in [-0.1, -0.05) is 6.92 Å². The fourth-order valence-electron chi connectivity index (χ4n) is 3.25. The van der Waals surface area contributed by atoms with Crippen molar-refractivity contribution in [1.82, 2.24) is 4.98 Å². The van der Waals surface area contributed by atoms with Gasteiger partial charge in [0.1, 0.15) is 11.3 Å². The van der Waals surface area contributed by atoms with Crippen LogP contribution in [0, 0.1) is 13.8 Å². The molecule has 0 saturated carbocycles. The lowest BCUT2D eigenvalue weighted by Crippen LogP contribution is -2.13. The molecular weight excluding hydrogens is 362 g/mol. The average Bonchev–Trinajstić information content (AvgIpc) is 2.98. The topological polar surface area (TPSA) is 98.6 Å². The monoisotopic (exact) mass is 383 g/mol. The van der Waals surface area contributed by atoms with Crippen molar-refractivity contribution < 1.29 is 23.5 Å². The molecule has 7 heteroatoms. The quantitative estimate of drug-likeness (QED) is 0.398. The van der Waals surface area contributed by atoms with Crippen LogP contribution in [0.3, 0.4) is 0 Å². The first-order valence-corrected chi connectivity index (χ1v) is 8.86. The van der Waals surface area contributed by atoms with Crippen molar-refractivity contribution in [1.29, 1.82) is 0 Å². The van der Waals surface area contributed by atoms with Crippen LogP contribution in [0.2, 0.25) is 0 Å². The molecule has 3 aromatic rings. The Morgan fingerprint density at radius 2 is 1.93 bits per heavy atom. The number of aryl methyl sites for hydroxylation is 2. The van der Waals surface area contributed by atoms with E-state index in [0.29, 0.717) is 40.3 Å². The Labute approximate surface area is 161 Å². The Balaban J connectivity index is 1.82. The van der Waals surface area contributed by atoms with E-state index in [9.17, 15) is 14.4 Å². The Bertz CT molecular complexity index is 1120. The second-order valence-electron chi connectivity index (χ2n) is 6.43. The molecule has 28 heavy (non-hydrogen) atoms. The number of methoxy groups -OCH3 is 1. The van der Waals surface area contributed by atoms with Crippen molar-refractivity contribution in [2.45, 2.75) is 27.2 Å². The second-order valence-corrected chi connectivity index (χ2v) is 6.43. The number of ether oxygens (including phenoxy) is 2. The Hall–Kier alpha value is -3.35. The summed E-state index contributed by atoms with van der Waals surface area (Å²) >= 11 is 0. The van der Waals surface area contributed by atoms with Gasteiger partial charge in [-0.15, -0.1) is 0 Å². The van der Waals surface area contributed by atoms with Gasteiger partial charge in [0.25, 0.3) is 0 Å². The fraction of sp³-hybridized carbons (Fsp3) is 0.286. The molecule has 1 aromatic carbocycles. The number of carbonyl (C=O) groups excluding carboxylic acids is 2. The molecule has 0 bridgehead atoms. The predicted octanol–water partition coefficient (Wildman–Crippen LogP) is 3.35. The van der Waals surface area contributed by atoms with E-state index >= 15 is 0 Å². The van der Waals surface area contributed by atoms with Crippen LogP contribution < -0.4 is 10.4 Å². The Morgan fingerprint density at radius 1 is 1.18 bits per heavy atom. The van der Waals surface area contributed by atoms with Gasteiger partial charge in [0.15, 0.2) is 6.61 Å². The molecule has 0 spiro atoms. The van der Waals surface area contributed by atoms with E-state index in [1.54, 1.807) is 32.0 Å².